The van der Waals surface area contributed by atoms with E-state index in [4.69, 9.17) is 10.8 Å². The van der Waals surface area contributed by atoms with Crippen LogP contribution in [0.4, 0.5) is 0 Å². The zero-order chi connectivity index (χ0) is 12.7. The van der Waals surface area contributed by atoms with Crippen molar-refractivity contribution in [1.82, 2.24) is 0 Å². The van der Waals surface area contributed by atoms with E-state index in [-0.39, 0.29) is 12.6 Å². The molecule has 0 amide bonds. The van der Waals surface area contributed by atoms with E-state index in [1.54, 1.807) is 11.8 Å². The number of aryl methyl sites for hydroxylation is 1. The van der Waals surface area contributed by atoms with Gasteiger partial charge in [-0.25, -0.2) is 0 Å². The molecule has 4 heteroatoms. The van der Waals surface area contributed by atoms with Crippen LogP contribution in [-0.2, 0) is 6.42 Å². The Morgan fingerprint density at radius 2 is 1.88 bits per heavy atom. The van der Waals surface area contributed by atoms with Crippen LogP contribution < -0.4 is 5.73 Å². The maximum Gasteiger partial charge on any atom is 0.0861 e. The molecule has 0 spiro atoms. The average molecular weight is 255 g/mol. The van der Waals surface area contributed by atoms with Crippen LogP contribution in [0.5, 0.6) is 0 Å². The van der Waals surface area contributed by atoms with Gasteiger partial charge in [-0.1, -0.05) is 31.2 Å². The lowest BCUT2D eigenvalue weighted by atomic mass is 10.1. The minimum atomic E-state index is -0.644. The average Bonchev–Trinajstić information content (AvgIpc) is 2.38. The quantitative estimate of drug-likeness (QED) is 0.688. The van der Waals surface area contributed by atoms with Crippen molar-refractivity contribution < 1.29 is 10.2 Å². The second kappa shape index (κ2) is 7.71. The standard InChI is InChI=1S/C13H21NO2S/c1-2-10-3-5-11(6-4-10)13(14)9-17-8-12(16)7-15/h3-6,12-13,15-16H,2,7-9,14H2,1H3. The van der Waals surface area contributed by atoms with Crippen LogP contribution in [0.2, 0.25) is 0 Å². The number of rotatable bonds is 7. The Kier molecular flexibility index (Phi) is 6.58. The molecule has 1 aromatic rings. The van der Waals surface area contributed by atoms with E-state index in [0.717, 1.165) is 17.7 Å². The second-order valence-corrected chi connectivity index (χ2v) is 5.15. The first-order chi connectivity index (χ1) is 8.17. The molecule has 0 heterocycles. The van der Waals surface area contributed by atoms with Crippen molar-refractivity contribution in [3.63, 3.8) is 0 Å². The predicted molar refractivity (Wildman–Crippen MR) is 73.2 cm³/mol. The summed E-state index contributed by atoms with van der Waals surface area (Å²) >= 11 is 1.56. The maximum absolute atomic E-state index is 9.20. The summed E-state index contributed by atoms with van der Waals surface area (Å²) in [6.07, 6.45) is 0.391. The normalized spacial score (nSPS) is 14.6. The van der Waals surface area contributed by atoms with E-state index in [2.05, 4.69) is 31.2 Å². The van der Waals surface area contributed by atoms with E-state index in [1.807, 2.05) is 0 Å². The van der Waals surface area contributed by atoms with Crippen LogP contribution in [0.25, 0.3) is 0 Å². The number of nitrogens with two attached hydrogens (primary N) is 1. The van der Waals surface area contributed by atoms with Crippen LogP contribution >= 0.6 is 11.8 Å². The Labute approximate surface area is 107 Å². The number of hydrogen-bond acceptors (Lipinski definition) is 4. The summed E-state index contributed by atoms with van der Waals surface area (Å²) in [5.41, 5.74) is 8.48. The van der Waals surface area contributed by atoms with Gasteiger partial charge in [0.15, 0.2) is 0 Å². The van der Waals surface area contributed by atoms with Gasteiger partial charge in [0.25, 0.3) is 0 Å². The molecule has 1 rings (SSSR count). The highest BCUT2D eigenvalue weighted by molar-refractivity contribution is 7.99. The first kappa shape index (κ1) is 14.5. The van der Waals surface area contributed by atoms with E-state index >= 15 is 0 Å². The third-order valence-corrected chi connectivity index (χ3v) is 3.85. The largest absolute Gasteiger partial charge is 0.394 e. The van der Waals surface area contributed by atoms with Crippen molar-refractivity contribution in [1.29, 1.82) is 0 Å². The molecule has 0 aliphatic rings. The predicted octanol–water partition coefficient (Wildman–Crippen LogP) is 1.34. The lowest BCUT2D eigenvalue weighted by molar-refractivity contribution is 0.113. The first-order valence-corrected chi connectivity index (χ1v) is 7.04. The van der Waals surface area contributed by atoms with Crippen LogP contribution in [0, 0.1) is 0 Å². The molecule has 0 aliphatic carbocycles. The second-order valence-electron chi connectivity index (χ2n) is 4.08. The molecular formula is C13H21NO2S. The molecule has 17 heavy (non-hydrogen) atoms. The van der Waals surface area contributed by atoms with Crippen molar-refractivity contribution in [3.05, 3.63) is 35.4 Å². The Balaban J connectivity index is 2.38. The highest BCUT2D eigenvalue weighted by Gasteiger charge is 2.08. The molecule has 0 aromatic heterocycles. The van der Waals surface area contributed by atoms with Gasteiger partial charge in [0.2, 0.25) is 0 Å². The SMILES string of the molecule is CCc1ccc(C(N)CSCC(O)CO)cc1. The highest BCUT2D eigenvalue weighted by Crippen LogP contribution is 2.17. The summed E-state index contributed by atoms with van der Waals surface area (Å²) in [4.78, 5) is 0. The summed E-state index contributed by atoms with van der Waals surface area (Å²) in [5, 5.41) is 17.9. The molecule has 1 aromatic carbocycles. The fourth-order valence-corrected chi connectivity index (χ4v) is 2.44. The van der Waals surface area contributed by atoms with E-state index in [9.17, 15) is 5.11 Å². The van der Waals surface area contributed by atoms with Gasteiger partial charge < -0.3 is 15.9 Å². The lowest BCUT2D eigenvalue weighted by Gasteiger charge is -2.13. The molecule has 3 nitrogen and oxygen atoms in total. The zero-order valence-corrected chi connectivity index (χ0v) is 11.0. The van der Waals surface area contributed by atoms with Gasteiger partial charge in [-0.15, -0.1) is 0 Å². The summed E-state index contributed by atoms with van der Waals surface area (Å²) in [6.45, 7) is 1.94. The first-order valence-electron chi connectivity index (χ1n) is 5.88. The molecule has 0 fully saturated rings. The van der Waals surface area contributed by atoms with Crippen molar-refractivity contribution in [3.8, 4) is 0 Å². The molecule has 4 N–H and O–H groups in total. The number of aliphatic hydroxyl groups is 2. The van der Waals surface area contributed by atoms with Crippen molar-refractivity contribution in [2.24, 2.45) is 5.73 Å². The molecule has 0 saturated heterocycles. The van der Waals surface area contributed by atoms with Gasteiger partial charge in [0.05, 0.1) is 12.7 Å². The van der Waals surface area contributed by atoms with Crippen molar-refractivity contribution in [2.75, 3.05) is 18.1 Å². The minimum absolute atomic E-state index is 0.0169. The van der Waals surface area contributed by atoms with E-state index in [0.29, 0.717) is 5.75 Å². The summed E-state index contributed by atoms with van der Waals surface area (Å²) in [6, 6.07) is 8.31. The lowest BCUT2D eigenvalue weighted by Crippen LogP contribution is -2.18. The molecule has 0 aliphatic heterocycles. The molecule has 0 radical (unpaired) electrons. The van der Waals surface area contributed by atoms with Gasteiger partial charge in [-0.2, -0.15) is 11.8 Å². The summed E-state index contributed by atoms with van der Waals surface area (Å²) < 4.78 is 0. The minimum Gasteiger partial charge on any atom is -0.394 e. The molecule has 0 bridgehead atoms. The Bertz CT molecular complexity index is 316. The Morgan fingerprint density at radius 3 is 2.41 bits per heavy atom. The zero-order valence-electron chi connectivity index (χ0n) is 10.2. The highest BCUT2D eigenvalue weighted by atomic mass is 32.2. The van der Waals surface area contributed by atoms with Crippen LogP contribution in [0.15, 0.2) is 24.3 Å². The monoisotopic (exact) mass is 255 g/mol. The number of aliphatic hydroxyl groups excluding tert-OH is 2. The molecule has 2 atom stereocenters. The van der Waals surface area contributed by atoms with Gasteiger partial charge in [0, 0.05) is 17.5 Å². The molecule has 96 valence electrons. The fourth-order valence-electron chi connectivity index (χ4n) is 1.48. The topological polar surface area (TPSA) is 66.5 Å². The van der Waals surface area contributed by atoms with Crippen LogP contribution in [0.3, 0.4) is 0 Å². The number of thioether (sulfide) groups is 1. The smallest absolute Gasteiger partial charge is 0.0861 e. The van der Waals surface area contributed by atoms with E-state index < -0.39 is 6.10 Å². The van der Waals surface area contributed by atoms with Gasteiger partial charge in [0.1, 0.15) is 0 Å². The van der Waals surface area contributed by atoms with Gasteiger partial charge in [-0.05, 0) is 17.5 Å². The van der Waals surface area contributed by atoms with E-state index in [1.165, 1.54) is 5.56 Å². The van der Waals surface area contributed by atoms with Crippen molar-refractivity contribution in [2.45, 2.75) is 25.5 Å². The third-order valence-electron chi connectivity index (χ3n) is 2.63. The van der Waals surface area contributed by atoms with Gasteiger partial charge >= 0.3 is 0 Å². The van der Waals surface area contributed by atoms with Crippen LogP contribution in [0.1, 0.15) is 24.1 Å². The number of benzene rings is 1. The van der Waals surface area contributed by atoms with Crippen LogP contribution in [-0.4, -0.2) is 34.4 Å². The number of hydrogen-bond donors (Lipinski definition) is 3. The third kappa shape index (κ3) is 5.08. The van der Waals surface area contributed by atoms with Gasteiger partial charge in [-0.3, -0.25) is 0 Å². The molecule has 2 unspecified atom stereocenters. The Hall–Kier alpha value is -0.550. The molecular weight excluding hydrogens is 234 g/mol. The summed E-state index contributed by atoms with van der Waals surface area (Å²) in [7, 11) is 0. The fraction of sp³-hybridized carbons (Fsp3) is 0.538. The molecule has 0 saturated carbocycles. The Morgan fingerprint density at radius 1 is 1.24 bits per heavy atom. The maximum atomic E-state index is 9.20. The van der Waals surface area contributed by atoms with Crippen molar-refractivity contribution >= 4 is 11.8 Å². The summed E-state index contributed by atoms with van der Waals surface area (Å²) in [5.74, 6) is 1.28.